The minimum atomic E-state index is -3.79. The molecule has 0 spiro atoms. The fourth-order valence-corrected chi connectivity index (χ4v) is 4.69. The summed E-state index contributed by atoms with van der Waals surface area (Å²) in [5.74, 6) is -0.223. The molecule has 0 aromatic heterocycles. The van der Waals surface area contributed by atoms with Gasteiger partial charge in [0, 0.05) is 13.6 Å². The molecule has 9 heteroatoms. The van der Waals surface area contributed by atoms with E-state index in [1.165, 1.54) is 11.9 Å². The molecule has 3 aromatic carbocycles. The molecule has 8 nitrogen and oxygen atoms in total. The van der Waals surface area contributed by atoms with Crippen molar-refractivity contribution in [1.82, 2.24) is 10.2 Å². The Hall–Kier alpha value is -3.85. The van der Waals surface area contributed by atoms with E-state index in [9.17, 15) is 18.0 Å². The maximum atomic E-state index is 13.4. The van der Waals surface area contributed by atoms with E-state index >= 15 is 0 Å². The molecule has 0 bridgehead atoms. The van der Waals surface area contributed by atoms with Crippen LogP contribution in [0, 0.1) is 0 Å². The largest absolute Gasteiger partial charge is 0.489 e. The highest BCUT2D eigenvalue weighted by molar-refractivity contribution is 7.92. The molecule has 0 heterocycles. The molecule has 3 aromatic rings. The number of ether oxygens (including phenoxy) is 1. The first-order valence-electron chi connectivity index (χ1n) is 12.0. The molecule has 0 aliphatic heterocycles. The first-order valence-corrected chi connectivity index (χ1v) is 13.8. The zero-order valence-corrected chi connectivity index (χ0v) is 22.1. The number of benzene rings is 3. The molecule has 0 saturated heterocycles. The lowest BCUT2D eigenvalue weighted by atomic mass is 10.1. The molecule has 0 fully saturated rings. The lowest BCUT2D eigenvalue weighted by molar-refractivity contribution is -0.138. The van der Waals surface area contributed by atoms with Crippen LogP contribution in [0.15, 0.2) is 84.9 Å². The second kappa shape index (κ2) is 12.9. The van der Waals surface area contributed by atoms with E-state index in [2.05, 4.69) is 5.32 Å². The lowest BCUT2D eigenvalue weighted by Crippen LogP contribution is -2.51. The Morgan fingerprint density at radius 1 is 0.892 bits per heavy atom. The van der Waals surface area contributed by atoms with E-state index < -0.39 is 28.5 Å². The van der Waals surface area contributed by atoms with Gasteiger partial charge in [0.15, 0.2) is 0 Å². The van der Waals surface area contributed by atoms with Gasteiger partial charge >= 0.3 is 0 Å². The van der Waals surface area contributed by atoms with Crippen LogP contribution in [0.3, 0.4) is 0 Å². The van der Waals surface area contributed by atoms with Gasteiger partial charge in [0.1, 0.15) is 24.9 Å². The van der Waals surface area contributed by atoms with Gasteiger partial charge in [0.25, 0.3) is 0 Å². The smallest absolute Gasteiger partial charge is 0.244 e. The summed E-state index contributed by atoms with van der Waals surface area (Å²) in [6.45, 7) is 1.84. The van der Waals surface area contributed by atoms with Gasteiger partial charge in [-0.25, -0.2) is 8.42 Å². The highest BCUT2D eigenvalue weighted by Gasteiger charge is 2.29. The molecular weight excluding hydrogens is 490 g/mol. The monoisotopic (exact) mass is 523 g/mol. The van der Waals surface area contributed by atoms with E-state index in [4.69, 9.17) is 4.74 Å². The maximum absolute atomic E-state index is 13.4. The van der Waals surface area contributed by atoms with E-state index in [1.807, 2.05) is 60.7 Å². The van der Waals surface area contributed by atoms with E-state index in [-0.39, 0.29) is 12.5 Å². The average molecular weight is 524 g/mol. The van der Waals surface area contributed by atoms with Gasteiger partial charge in [-0.2, -0.15) is 0 Å². The van der Waals surface area contributed by atoms with E-state index in [0.29, 0.717) is 24.5 Å². The van der Waals surface area contributed by atoms with E-state index in [0.717, 1.165) is 21.7 Å². The van der Waals surface area contributed by atoms with Gasteiger partial charge in [-0.1, -0.05) is 60.7 Å². The fraction of sp³-hybridized carbons (Fsp3) is 0.286. The molecule has 2 amide bonds. The van der Waals surface area contributed by atoms with Crippen LogP contribution < -0.4 is 14.4 Å². The van der Waals surface area contributed by atoms with Gasteiger partial charge in [-0.3, -0.25) is 13.9 Å². The SMILES string of the molecule is CNC(=O)[C@@H](C)N(CCc1ccccc1)C(=O)CN(c1ccc(OCc2ccccc2)cc1)S(C)(=O)=O. The Bertz CT molecular complexity index is 1270. The first-order chi connectivity index (χ1) is 17.7. The van der Waals surface area contributed by atoms with E-state index in [1.54, 1.807) is 31.2 Å². The standard InChI is InChI=1S/C28H33N3O5S/c1-22(28(33)29-2)30(19-18-23-10-6-4-7-11-23)27(32)20-31(37(3,34)35)25-14-16-26(17-15-25)36-21-24-12-8-5-9-13-24/h4-17,22H,18-21H2,1-3H3,(H,29,33)/t22-/m1/s1. The van der Waals surface area contributed by atoms with Gasteiger partial charge < -0.3 is 15.0 Å². The number of amides is 2. The third kappa shape index (κ3) is 8.08. The first kappa shape index (κ1) is 27.7. The molecule has 1 N–H and O–H groups in total. The fourth-order valence-electron chi connectivity index (χ4n) is 3.84. The third-order valence-corrected chi connectivity index (χ3v) is 7.09. The molecule has 0 aliphatic carbocycles. The second-order valence-corrected chi connectivity index (χ2v) is 10.6. The number of hydrogen-bond acceptors (Lipinski definition) is 5. The molecule has 1 atom stereocenters. The van der Waals surface area contributed by atoms with Crippen molar-refractivity contribution in [2.24, 2.45) is 0 Å². The lowest BCUT2D eigenvalue weighted by Gasteiger charge is -2.31. The number of hydrogen-bond donors (Lipinski definition) is 1. The number of carbonyl (C=O) groups excluding carboxylic acids is 2. The quantitative estimate of drug-likeness (QED) is 0.393. The second-order valence-electron chi connectivity index (χ2n) is 8.65. The molecule has 3 rings (SSSR count). The van der Waals surface area contributed by atoms with Gasteiger partial charge in [0.05, 0.1) is 11.9 Å². The van der Waals surface area contributed by atoms with Crippen LogP contribution in [0.4, 0.5) is 5.69 Å². The van der Waals surface area contributed by atoms with Crippen molar-refractivity contribution in [3.05, 3.63) is 96.1 Å². The molecule has 37 heavy (non-hydrogen) atoms. The minimum absolute atomic E-state index is 0.265. The number of nitrogens with one attached hydrogen (secondary N) is 1. The molecule has 0 unspecified atom stereocenters. The molecule has 0 saturated carbocycles. The van der Waals surface area contributed by atoms with Crippen LogP contribution >= 0.6 is 0 Å². The van der Waals surface area contributed by atoms with Crippen LogP contribution in [0.1, 0.15) is 18.1 Å². The Labute approximate surface area is 218 Å². The number of sulfonamides is 1. The van der Waals surface area contributed by atoms with Crippen LogP contribution in [-0.4, -0.2) is 57.6 Å². The Kier molecular flexibility index (Phi) is 9.68. The minimum Gasteiger partial charge on any atom is -0.489 e. The highest BCUT2D eigenvalue weighted by Crippen LogP contribution is 2.23. The van der Waals surface area contributed by atoms with Crippen LogP contribution in [0.5, 0.6) is 5.75 Å². The number of anilines is 1. The summed E-state index contributed by atoms with van der Waals surface area (Å²) in [5.41, 5.74) is 2.35. The summed E-state index contributed by atoms with van der Waals surface area (Å²) < 4.78 is 32.2. The Balaban J connectivity index is 1.76. The van der Waals surface area contributed by atoms with Crippen molar-refractivity contribution in [2.75, 3.05) is 30.7 Å². The van der Waals surface area contributed by atoms with Gasteiger partial charge in [-0.15, -0.1) is 0 Å². The normalized spacial score (nSPS) is 11.9. The summed E-state index contributed by atoms with van der Waals surface area (Å²) in [6, 6.07) is 25.1. The van der Waals surface area contributed by atoms with Crippen molar-refractivity contribution < 1.29 is 22.7 Å². The van der Waals surface area contributed by atoms with Crippen molar-refractivity contribution in [3.8, 4) is 5.75 Å². The van der Waals surface area contributed by atoms with Crippen molar-refractivity contribution in [1.29, 1.82) is 0 Å². The van der Waals surface area contributed by atoms with Crippen LogP contribution in [0.2, 0.25) is 0 Å². The van der Waals surface area contributed by atoms with Crippen molar-refractivity contribution >= 4 is 27.5 Å². The Morgan fingerprint density at radius 3 is 2.00 bits per heavy atom. The summed E-state index contributed by atoms with van der Waals surface area (Å²) in [7, 11) is -2.29. The van der Waals surface area contributed by atoms with Gasteiger partial charge in [-0.05, 0) is 48.7 Å². The average Bonchev–Trinajstić information content (AvgIpc) is 2.91. The zero-order chi connectivity index (χ0) is 26.8. The predicted molar refractivity (Wildman–Crippen MR) is 145 cm³/mol. The number of carbonyl (C=O) groups is 2. The number of likely N-dealkylation sites (N-methyl/N-ethyl adjacent to an activating group) is 1. The van der Waals surface area contributed by atoms with Gasteiger partial charge in [0.2, 0.25) is 21.8 Å². The molecule has 0 radical (unpaired) electrons. The highest BCUT2D eigenvalue weighted by atomic mass is 32.2. The summed E-state index contributed by atoms with van der Waals surface area (Å²) in [6.07, 6.45) is 1.58. The van der Waals surface area contributed by atoms with Crippen LogP contribution in [0.25, 0.3) is 0 Å². The van der Waals surface area contributed by atoms with Crippen molar-refractivity contribution in [3.63, 3.8) is 0 Å². The summed E-state index contributed by atoms with van der Waals surface area (Å²) in [4.78, 5) is 27.2. The number of nitrogens with zero attached hydrogens (tertiary/aromatic N) is 2. The molecule has 0 aliphatic rings. The number of rotatable bonds is 12. The summed E-state index contributed by atoms with van der Waals surface area (Å²) >= 11 is 0. The third-order valence-electron chi connectivity index (χ3n) is 5.95. The molecule has 196 valence electrons. The predicted octanol–water partition coefficient (Wildman–Crippen LogP) is 3.24. The Morgan fingerprint density at radius 2 is 1.46 bits per heavy atom. The topological polar surface area (TPSA) is 96.0 Å². The maximum Gasteiger partial charge on any atom is 0.244 e. The van der Waals surface area contributed by atoms with Crippen LogP contribution in [-0.2, 0) is 32.6 Å². The summed E-state index contributed by atoms with van der Waals surface area (Å²) in [5, 5.41) is 2.56. The van der Waals surface area contributed by atoms with Crippen molar-refractivity contribution in [2.45, 2.75) is 26.0 Å². The zero-order valence-electron chi connectivity index (χ0n) is 21.3. The molecular formula is C28H33N3O5S.